The van der Waals surface area contributed by atoms with E-state index < -0.39 is 6.04 Å². The highest BCUT2D eigenvalue weighted by molar-refractivity contribution is 6.01. The molecular weight excluding hydrogens is 328 g/mol. The largest absolute Gasteiger partial charge is 0.496 e. The molecule has 1 fully saturated rings. The Hall–Kier alpha value is -2.82. The molecule has 136 valence electrons. The summed E-state index contributed by atoms with van der Waals surface area (Å²) < 4.78 is 5.28. The SMILES string of the molecule is COc1ccccc1CC(=O)NC1CCN(c2cc(C)cc(C)c2)C1=O. The second-order valence-electron chi connectivity index (χ2n) is 6.73. The molecule has 2 amide bonds. The molecule has 5 heteroatoms. The summed E-state index contributed by atoms with van der Waals surface area (Å²) in [5.41, 5.74) is 3.95. The van der Waals surface area contributed by atoms with Gasteiger partial charge in [-0.05, 0) is 49.6 Å². The van der Waals surface area contributed by atoms with Crippen molar-refractivity contribution in [1.29, 1.82) is 0 Å². The maximum absolute atomic E-state index is 12.7. The zero-order valence-corrected chi connectivity index (χ0v) is 15.4. The van der Waals surface area contributed by atoms with Gasteiger partial charge in [-0.3, -0.25) is 9.59 Å². The van der Waals surface area contributed by atoms with Crippen molar-refractivity contribution in [2.75, 3.05) is 18.6 Å². The molecule has 0 spiro atoms. The Morgan fingerprint density at radius 3 is 2.58 bits per heavy atom. The molecule has 0 bridgehead atoms. The number of amides is 2. The second-order valence-corrected chi connectivity index (χ2v) is 6.73. The monoisotopic (exact) mass is 352 g/mol. The standard InChI is InChI=1S/C21H24N2O3/c1-14-10-15(2)12-17(11-14)23-9-8-18(21(23)25)22-20(24)13-16-6-4-5-7-19(16)26-3/h4-7,10-12,18H,8-9,13H2,1-3H3,(H,22,24). The molecule has 3 rings (SSSR count). The van der Waals surface area contributed by atoms with Gasteiger partial charge in [-0.2, -0.15) is 0 Å². The van der Waals surface area contributed by atoms with Crippen LogP contribution in [-0.4, -0.2) is 31.5 Å². The number of ether oxygens (including phenoxy) is 1. The summed E-state index contributed by atoms with van der Waals surface area (Å²) in [6.45, 7) is 4.65. The van der Waals surface area contributed by atoms with Crippen LogP contribution in [-0.2, 0) is 16.0 Å². The van der Waals surface area contributed by atoms with Gasteiger partial charge in [0, 0.05) is 17.8 Å². The summed E-state index contributed by atoms with van der Waals surface area (Å²) in [5.74, 6) is 0.454. The zero-order valence-electron chi connectivity index (χ0n) is 15.4. The first kappa shape index (κ1) is 18.0. The quantitative estimate of drug-likeness (QED) is 0.900. The summed E-state index contributed by atoms with van der Waals surface area (Å²) in [6, 6.07) is 13.0. The highest BCUT2D eigenvalue weighted by Gasteiger charge is 2.33. The fourth-order valence-electron chi connectivity index (χ4n) is 3.44. The molecule has 0 saturated carbocycles. The van der Waals surface area contributed by atoms with Crippen LogP contribution in [0.2, 0.25) is 0 Å². The summed E-state index contributed by atoms with van der Waals surface area (Å²) in [4.78, 5) is 26.9. The minimum absolute atomic E-state index is 0.0524. The lowest BCUT2D eigenvalue weighted by molar-refractivity contribution is -0.126. The highest BCUT2D eigenvalue weighted by atomic mass is 16.5. The number of rotatable bonds is 5. The van der Waals surface area contributed by atoms with Crippen LogP contribution < -0.4 is 15.0 Å². The fourth-order valence-corrected chi connectivity index (χ4v) is 3.44. The molecule has 1 aliphatic rings. The molecule has 5 nitrogen and oxygen atoms in total. The number of benzene rings is 2. The van der Waals surface area contributed by atoms with Crippen LogP contribution in [0.3, 0.4) is 0 Å². The molecular formula is C21H24N2O3. The van der Waals surface area contributed by atoms with E-state index in [0.29, 0.717) is 18.7 Å². The van der Waals surface area contributed by atoms with Crippen LogP contribution in [0.15, 0.2) is 42.5 Å². The Kier molecular flexibility index (Phi) is 5.26. The van der Waals surface area contributed by atoms with Gasteiger partial charge in [-0.15, -0.1) is 0 Å². The van der Waals surface area contributed by atoms with Crippen LogP contribution in [0.25, 0.3) is 0 Å². The van der Waals surface area contributed by atoms with E-state index in [0.717, 1.165) is 22.4 Å². The molecule has 1 atom stereocenters. The smallest absolute Gasteiger partial charge is 0.249 e. The maximum atomic E-state index is 12.7. The summed E-state index contributed by atoms with van der Waals surface area (Å²) in [5, 5.41) is 2.87. The minimum Gasteiger partial charge on any atom is -0.496 e. The molecule has 26 heavy (non-hydrogen) atoms. The van der Waals surface area contributed by atoms with Crippen molar-refractivity contribution in [1.82, 2.24) is 5.32 Å². The summed E-state index contributed by atoms with van der Waals surface area (Å²) in [6.07, 6.45) is 0.806. The van der Waals surface area contributed by atoms with Gasteiger partial charge in [0.25, 0.3) is 0 Å². The first-order valence-corrected chi connectivity index (χ1v) is 8.79. The van der Waals surface area contributed by atoms with Crippen molar-refractivity contribution in [3.8, 4) is 5.75 Å². The fraction of sp³-hybridized carbons (Fsp3) is 0.333. The van der Waals surface area contributed by atoms with Gasteiger partial charge in [0.05, 0.1) is 13.5 Å². The Bertz CT molecular complexity index is 812. The Morgan fingerprint density at radius 1 is 1.19 bits per heavy atom. The maximum Gasteiger partial charge on any atom is 0.249 e. The molecule has 0 aromatic heterocycles. The van der Waals surface area contributed by atoms with E-state index in [9.17, 15) is 9.59 Å². The third-order valence-corrected chi connectivity index (χ3v) is 4.60. The van der Waals surface area contributed by atoms with Gasteiger partial charge in [0.1, 0.15) is 11.8 Å². The number of nitrogens with one attached hydrogen (secondary N) is 1. The summed E-state index contributed by atoms with van der Waals surface area (Å²) in [7, 11) is 1.58. The Labute approximate surface area is 154 Å². The van der Waals surface area contributed by atoms with Crippen molar-refractivity contribution in [2.24, 2.45) is 0 Å². The topological polar surface area (TPSA) is 58.6 Å². The van der Waals surface area contributed by atoms with E-state index in [1.54, 1.807) is 12.0 Å². The van der Waals surface area contributed by atoms with Crippen LogP contribution in [0.5, 0.6) is 5.75 Å². The van der Waals surface area contributed by atoms with Gasteiger partial charge in [0.15, 0.2) is 0 Å². The number of anilines is 1. The zero-order chi connectivity index (χ0) is 18.7. The van der Waals surface area contributed by atoms with E-state index in [2.05, 4.69) is 11.4 Å². The van der Waals surface area contributed by atoms with Crippen molar-refractivity contribution in [2.45, 2.75) is 32.7 Å². The van der Waals surface area contributed by atoms with Gasteiger partial charge < -0.3 is 15.0 Å². The Balaban J connectivity index is 1.66. The molecule has 1 heterocycles. The van der Waals surface area contributed by atoms with Crippen LogP contribution >= 0.6 is 0 Å². The molecule has 1 aliphatic heterocycles. The number of carbonyl (C=O) groups excluding carboxylic acids is 2. The van der Waals surface area contributed by atoms with Crippen molar-refractivity contribution in [3.05, 3.63) is 59.2 Å². The van der Waals surface area contributed by atoms with Gasteiger partial charge in [-0.25, -0.2) is 0 Å². The number of para-hydroxylation sites is 1. The molecule has 2 aromatic carbocycles. The van der Waals surface area contributed by atoms with Crippen molar-refractivity contribution < 1.29 is 14.3 Å². The molecule has 1 unspecified atom stereocenters. The number of carbonyl (C=O) groups is 2. The van der Waals surface area contributed by atoms with Gasteiger partial charge in [0.2, 0.25) is 11.8 Å². The average Bonchev–Trinajstić information content (AvgIpc) is 2.95. The molecule has 0 radical (unpaired) electrons. The van der Waals surface area contributed by atoms with E-state index in [4.69, 9.17) is 4.74 Å². The van der Waals surface area contributed by atoms with Gasteiger partial charge >= 0.3 is 0 Å². The lowest BCUT2D eigenvalue weighted by Gasteiger charge is -2.18. The highest BCUT2D eigenvalue weighted by Crippen LogP contribution is 2.24. The lowest BCUT2D eigenvalue weighted by Crippen LogP contribution is -2.42. The Morgan fingerprint density at radius 2 is 1.88 bits per heavy atom. The van der Waals surface area contributed by atoms with E-state index >= 15 is 0 Å². The van der Waals surface area contributed by atoms with E-state index in [1.165, 1.54) is 0 Å². The van der Waals surface area contributed by atoms with Crippen LogP contribution in [0, 0.1) is 13.8 Å². The lowest BCUT2D eigenvalue weighted by atomic mass is 10.1. The predicted octanol–water partition coefficient (Wildman–Crippen LogP) is 2.78. The summed E-state index contributed by atoms with van der Waals surface area (Å²) >= 11 is 0. The van der Waals surface area contributed by atoms with Gasteiger partial charge in [-0.1, -0.05) is 24.3 Å². The second kappa shape index (κ2) is 7.60. The molecule has 2 aromatic rings. The third kappa shape index (κ3) is 3.87. The number of hydrogen-bond donors (Lipinski definition) is 1. The van der Waals surface area contributed by atoms with Crippen LogP contribution in [0.4, 0.5) is 5.69 Å². The first-order valence-electron chi connectivity index (χ1n) is 8.79. The number of hydrogen-bond acceptors (Lipinski definition) is 3. The molecule has 0 aliphatic carbocycles. The predicted molar refractivity (Wildman–Crippen MR) is 102 cm³/mol. The average molecular weight is 352 g/mol. The van der Waals surface area contributed by atoms with E-state index in [1.807, 2.05) is 50.2 Å². The normalized spacial score (nSPS) is 16.7. The number of aryl methyl sites for hydroxylation is 2. The third-order valence-electron chi connectivity index (χ3n) is 4.60. The van der Waals surface area contributed by atoms with Crippen molar-refractivity contribution >= 4 is 17.5 Å². The first-order chi connectivity index (χ1) is 12.5. The minimum atomic E-state index is -0.474. The molecule has 1 N–H and O–H groups in total. The van der Waals surface area contributed by atoms with Crippen molar-refractivity contribution in [3.63, 3.8) is 0 Å². The molecule has 1 saturated heterocycles. The number of nitrogens with zero attached hydrogens (tertiary/aromatic N) is 1. The van der Waals surface area contributed by atoms with E-state index in [-0.39, 0.29) is 18.2 Å². The number of methoxy groups -OCH3 is 1. The van der Waals surface area contributed by atoms with Crippen LogP contribution in [0.1, 0.15) is 23.1 Å².